The second-order valence-electron chi connectivity index (χ2n) is 3.85. The quantitative estimate of drug-likeness (QED) is 0.489. The molecule has 1 aromatic carbocycles. The van der Waals surface area contributed by atoms with Crippen LogP contribution in [0.1, 0.15) is 20.7 Å². The van der Waals surface area contributed by atoms with Gasteiger partial charge in [-0.3, -0.25) is 9.59 Å². The van der Waals surface area contributed by atoms with Gasteiger partial charge in [-0.05, 0) is 12.2 Å². The fourth-order valence-electron chi connectivity index (χ4n) is 1.83. The van der Waals surface area contributed by atoms with E-state index in [1.807, 2.05) is 0 Å². The molecule has 0 amide bonds. The van der Waals surface area contributed by atoms with Crippen LogP contribution in [0.4, 0.5) is 5.69 Å². The SMILES string of the molecule is O=C1C=CC(=O)c2c(O)c(NCCO)c(Cl)c(O)c21. The van der Waals surface area contributed by atoms with Crippen LogP contribution in [0.15, 0.2) is 12.2 Å². The lowest BCUT2D eigenvalue weighted by Crippen LogP contribution is -2.15. The number of carbonyl (C=O) groups is 2. The van der Waals surface area contributed by atoms with Crippen molar-refractivity contribution < 1.29 is 24.9 Å². The molecule has 7 heteroatoms. The highest BCUT2D eigenvalue weighted by Gasteiger charge is 2.31. The van der Waals surface area contributed by atoms with Crippen LogP contribution in [0.25, 0.3) is 0 Å². The molecular formula is C12H10ClNO5. The van der Waals surface area contributed by atoms with E-state index in [2.05, 4.69) is 5.32 Å². The normalized spacial score (nSPS) is 13.6. The lowest BCUT2D eigenvalue weighted by Gasteiger charge is -2.18. The van der Waals surface area contributed by atoms with Gasteiger partial charge < -0.3 is 20.6 Å². The number of fused-ring (bicyclic) bond motifs is 1. The largest absolute Gasteiger partial charge is 0.505 e. The number of ketones is 2. The van der Waals surface area contributed by atoms with E-state index in [0.29, 0.717) is 0 Å². The summed E-state index contributed by atoms with van der Waals surface area (Å²) in [6.07, 6.45) is 2.01. The number of phenolic OH excluding ortho intramolecular Hbond substituents is 2. The highest BCUT2D eigenvalue weighted by Crippen LogP contribution is 2.46. The molecule has 4 N–H and O–H groups in total. The Kier molecular flexibility index (Phi) is 3.46. The molecule has 1 aliphatic carbocycles. The zero-order valence-corrected chi connectivity index (χ0v) is 10.4. The number of rotatable bonds is 3. The van der Waals surface area contributed by atoms with Gasteiger partial charge in [-0.2, -0.15) is 0 Å². The molecule has 0 saturated heterocycles. The maximum Gasteiger partial charge on any atom is 0.190 e. The van der Waals surface area contributed by atoms with Crippen LogP contribution in [-0.4, -0.2) is 40.0 Å². The van der Waals surface area contributed by atoms with Gasteiger partial charge in [0.25, 0.3) is 0 Å². The third-order valence-electron chi connectivity index (χ3n) is 2.68. The van der Waals surface area contributed by atoms with Gasteiger partial charge in [-0.1, -0.05) is 11.6 Å². The van der Waals surface area contributed by atoms with Crippen molar-refractivity contribution in [2.75, 3.05) is 18.5 Å². The van der Waals surface area contributed by atoms with Crippen molar-refractivity contribution in [2.45, 2.75) is 0 Å². The van der Waals surface area contributed by atoms with E-state index in [1.165, 1.54) is 0 Å². The van der Waals surface area contributed by atoms with Crippen molar-refractivity contribution in [1.29, 1.82) is 0 Å². The summed E-state index contributed by atoms with van der Waals surface area (Å²) in [5, 5.41) is 30.9. The number of aliphatic hydroxyl groups is 1. The van der Waals surface area contributed by atoms with Crippen molar-refractivity contribution in [2.24, 2.45) is 0 Å². The Balaban J connectivity index is 2.71. The molecular weight excluding hydrogens is 274 g/mol. The molecule has 0 fully saturated rings. The Morgan fingerprint density at radius 3 is 2.11 bits per heavy atom. The number of phenols is 2. The fraction of sp³-hybridized carbons (Fsp3) is 0.167. The molecule has 100 valence electrons. The molecule has 0 spiro atoms. The smallest absolute Gasteiger partial charge is 0.190 e. The molecule has 0 heterocycles. The number of halogens is 1. The van der Waals surface area contributed by atoms with Crippen LogP contribution in [0.2, 0.25) is 5.02 Å². The average Bonchev–Trinajstić information content (AvgIpc) is 2.38. The van der Waals surface area contributed by atoms with Crippen LogP contribution in [0, 0.1) is 0 Å². The molecule has 1 aromatic rings. The average molecular weight is 284 g/mol. The Morgan fingerprint density at radius 1 is 1.05 bits per heavy atom. The predicted molar refractivity (Wildman–Crippen MR) is 68.2 cm³/mol. The summed E-state index contributed by atoms with van der Waals surface area (Å²) in [4.78, 5) is 23.4. The topological polar surface area (TPSA) is 107 Å². The fourth-order valence-corrected chi connectivity index (χ4v) is 2.08. The Labute approximate surface area is 112 Å². The summed E-state index contributed by atoms with van der Waals surface area (Å²) in [6.45, 7) is -0.177. The summed E-state index contributed by atoms with van der Waals surface area (Å²) in [6, 6.07) is 0. The lowest BCUT2D eigenvalue weighted by atomic mass is 9.92. The van der Waals surface area contributed by atoms with Crippen LogP contribution in [-0.2, 0) is 0 Å². The number of nitrogens with one attached hydrogen (secondary N) is 1. The maximum atomic E-state index is 11.7. The van der Waals surface area contributed by atoms with E-state index in [1.54, 1.807) is 0 Å². The summed E-state index contributed by atoms with van der Waals surface area (Å²) in [5.41, 5.74) is -0.706. The van der Waals surface area contributed by atoms with Crippen molar-refractivity contribution in [3.8, 4) is 11.5 Å². The van der Waals surface area contributed by atoms with E-state index in [9.17, 15) is 19.8 Å². The number of anilines is 1. The number of allylic oxidation sites excluding steroid dienone is 2. The van der Waals surface area contributed by atoms with Crippen molar-refractivity contribution in [3.05, 3.63) is 28.3 Å². The highest BCUT2D eigenvalue weighted by molar-refractivity contribution is 6.37. The van der Waals surface area contributed by atoms with Crippen molar-refractivity contribution >= 4 is 28.9 Å². The van der Waals surface area contributed by atoms with Crippen LogP contribution >= 0.6 is 11.6 Å². The standard InChI is InChI=1S/C12H10ClNO5/c13-9-10(14-3-4-15)12(19)8-6(17)2-1-5(16)7(8)11(9)18/h1-2,14-15,18-19H,3-4H2. The molecule has 0 atom stereocenters. The molecule has 1 aliphatic rings. The van der Waals surface area contributed by atoms with E-state index in [-0.39, 0.29) is 35.0 Å². The summed E-state index contributed by atoms with van der Waals surface area (Å²) < 4.78 is 0. The zero-order chi connectivity index (χ0) is 14.2. The van der Waals surface area contributed by atoms with Gasteiger partial charge in [-0.25, -0.2) is 0 Å². The molecule has 0 aliphatic heterocycles. The number of benzene rings is 1. The van der Waals surface area contributed by atoms with Gasteiger partial charge in [0.2, 0.25) is 0 Å². The number of hydrogen-bond donors (Lipinski definition) is 4. The molecule has 19 heavy (non-hydrogen) atoms. The van der Waals surface area contributed by atoms with Crippen molar-refractivity contribution in [3.63, 3.8) is 0 Å². The highest BCUT2D eigenvalue weighted by atomic mass is 35.5. The van der Waals surface area contributed by atoms with E-state index >= 15 is 0 Å². The molecule has 6 nitrogen and oxygen atoms in total. The Morgan fingerprint density at radius 2 is 1.58 bits per heavy atom. The Bertz CT molecular complexity index is 609. The first-order valence-electron chi connectivity index (χ1n) is 5.37. The second-order valence-corrected chi connectivity index (χ2v) is 4.23. The third-order valence-corrected chi connectivity index (χ3v) is 3.05. The van der Waals surface area contributed by atoms with Crippen LogP contribution < -0.4 is 5.32 Å². The lowest BCUT2D eigenvalue weighted by molar-refractivity contribution is 0.0989. The summed E-state index contributed by atoms with van der Waals surface area (Å²) in [5.74, 6) is -2.31. The minimum Gasteiger partial charge on any atom is -0.505 e. The molecule has 0 bridgehead atoms. The van der Waals surface area contributed by atoms with Gasteiger partial charge in [0, 0.05) is 6.54 Å². The molecule has 0 aromatic heterocycles. The van der Waals surface area contributed by atoms with Gasteiger partial charge in [-0.15, -0.1) is 0 Å². The maximum absolute atomic E-state index is 11.7. The first-order chi connectivity index (χ1) is 8.99. The summed E-state index contributed by atoms with van der Waals surface area (Å²) in [7, 11) is 0. The second kappa shape index (κ2) is 4.91. The zero-order valence-electron chi connectivity index (χ0n) is 9.61. The van der Waals surface area contributed by atoms with E-state index in [0.717, 1.165) is 12.2 Å². The number of aromatic hydroxyl groups is 2. The molecule has 0 unspecified atom stereocenters. The van der Waals surface area contributed by atoms with Crippen molar-refractivity contribution in [1.82, 2.24) is 0 Å². The van der Waals surface area contributed by atoms with E-state index in [4.69, 9.17) is 16.7 Å². The molecule has 2 rings (SSSR count). The van der Waals surface area contributed by atoms with E-state index < -0.39 is 23.1 Å². The van der Waals surface area contributed by atoms with Gasteiger partial charge >= 0.3 is 0 Å². The van der Waals surface area contributed by atoms with Gasteiger partial charge in [0.1, 0.15) is 16.5 Å². The minimum atomic E-state index is -0.613. The summed E-state index contributed by atoms with van der Waals surface area (Å²) >= 11 is 5.84. The van der Waals surface area contributed by atoms with Gasteiger partial charge in [0.15, 0.2) is 17.3 Å². The third kappa shape index (κ3) is 2.05. The molecule has 0 radical (unpaired) electrons. The van der Waals surface area contributed by atoms with Gasteiger partial charge in [0.05, 0.1) is 17.7 Å². The van der Waals surface area contributed by atoms with Crippen LogP contribution in [0.3, 0.4) is 0 Å². The predicted octanol–water partition coefficient (Wildman–Crippen LogP) is 1.09. The monoisotopic (exact) mass is 283 g/mol. The van der Waals surface area contributed by atoms with Crippen LogP contribution in [0.5, 0.6) is 11.5 Å². The Hall–Kier alpha value is -2.05. The molecule has 0 saturated carbocycles. The first kappa shape index (κ1) is 13.4. The number of aliphatic hydroxyl groups excluding tert-OH is 1. The first-order valence-corrected chi connectivity index (χ1v) is 5.75. The minimum absolute atomic E-state index is 0.0590. The number of hydrogen-bond acceptors (Lipinski definition) is 6. The number of carbonyl (C=O) groups excluding carboxylic acids is 2.